The summed E-state index contributed by atoms with van der Waals surface area (Å²) in [5.41, 5.74) is 5.25. The smallest absolute Gasteiger partial charge is 0.401 e. The Morgan fingerprint density at radius 2 is 2.05 bits per heavy atom. The molecule has 3 N–H and O–H groups in total. The minimum absolute atomic E-state index is 0.0665. The third-order valence-corrected chi connectivity index (χ3v) is 2.80. The van der Waals surface area contributed by atoms with Crippen LogP contribution in [0.4, 0.5) is 17.6 Å². The van der Waals surface area contributed by atoms with Gasteiger partial charge in [-0.25, -0.2) is 4.39 Å². The van der Waals surface area contributed by atoms with E-state index in [1.165, 1.54) is 18.2 Å². The van der Waals surface area contributed by atoms with Gasteiger partial charge in [0.15, 0.2) is 5.84 Å². The van der Waals surface area contributed by atoms with Crippen LogP contribution >= 0.6 is 0 Å². The molecule has 0 unspecified atom stereocenters. The van der Waals surface area contributed by atoms with Crippen molar-refractivity contribution in [1.29, 1.82) is 0 Å². The van der Waals surface area contributed by atoms with Crippen LogP contribution in [0.1, 0.15) is 24.5 Å². The van der Waals surface area contributed by atoms with E-state index in [1.807, 2.05) is 0 Å². The second-order valence-electron chi connectivity index (χ2n) is 4.59. The molecule has 8 heteroatoms. The number of oxime groups is 1. The number of nitrogens with two attached hydrogens (primary N) is 1. The molecule has 0 atom stereocenters. The van der Waals surface area contributed by atoms with Crippen molar-refractivity contribution in [3.63, 3.8) is 0 Å². The SMILES string of the molecule is CCCN(Cc1cccc(/C(N)=N/O)c1F)CC(F)(F)F. The number of alkyl halides is 3. The van der Waals surface area contributed by atoms with Gasteiger partial charge in [-0.15, -0.1) is 0 Å². The molecular weight excluding hydrogens is 290 g/mol. The third kappa shape index (κ3) is 5.22. The molecule has 0 saturated carbocycles. The summed E-state index contributed by atoms with van der Waals surface area (Å²) in [7, 11) is 0. The molecule has 0 aliphatic carbocycles. The van der Waals surface area contributed by atoms with Crippen LogP contribution in [0.5, 0.6) is 0 Å². The molecule has 0 fully saturated rings. The molecule has 0 aromatic heterocycles. The van der Waals surface area contributed by atoms with Crippen LogP contribution in [0.15, 0.2) is 23.4 Å². The molecule has 1 aromatic carbocycles. The van der Waals surface area contributed by atoms with E-state index < -0.39 is 24.4 Å². The number of hydrogen-bond acceptors (Lipinski definition) is 3. The topological polar surface area (TPSA) is 61.8 Å². The Bertz CT molecular complexity index is 503. The quantitative estimate of drug-likeness (QED) is 0.279. The maximum absolute atomic E-state index is 14.2. The zero-order chi connectivity index (χ0) is 16.0. The zero-order valence-corrected chi connectivity index (χ0v) is 11.5. The number of benzene rings is 1. The van der Waals surface area contributed by atoms with Crippen LogP contribution in [-0.4, -0.2) is 35.2 Å². The summed E-state index contributed by atoms with van der Waals surface area (Å²) in [5.74, 6) is -1.21. The van der Waals surface area contributed by atoms with Gasteiger partial charge >= 0.3 is 6.18 Å². The van der Waals surface area contributed by atoms with Gasteiger partial charge in [0.2, 0.25) is 0 Å². The fourth-order valence-electron chi connectivity index (χ4n) is 1.98. The van der Waals surface area contributed by atoms with Gasteiger partial charge in [0.05, 0.1) is 12.1 Å². The highest BCUT2D eigenvalue weighted by Gasteiger charge is 2.30. The Kier molecular flexibility index (Phi) is 5.95. The predicted octanol–water partition coefficient (Wildman–Crippen LogP) is 2.69. The summed E-state index contributed by atoms with van der Waals surface area (Å²) in [5, 5.41) is 11.3. The molecule has 0 aliphatic heterocycles. The first-order valence-electron chi connectivity index (χ1n) is 6.33. The van der Waals surface area contributed by atoms with Crippen LogP contribution in [0.3, 0.4) is 0 Å². The Balaban J connectivity index is 2.99. The molecule has 1 rings (SSSR count). The highest BCUT2D eigenvalue weighted by atomic mass is 19.4. The third-order valence-electron chi connectivity index (χ3n) is 2.80. The first kappa shape index (κ1) is 17.2. The fraction of sp³-hybridized carbons (Fsp3) is 0.462. The lowest BCUT2D eigenvalue weighted by Gasteiger charge is -2.23. The van der Waals surface area contributed by atoms with Crippen molar-refractivity contribution in [3.8, 4) is 0 Å². The second-order valence-corrected chi connectivity index (χ2v) is 4.59. The van der Waals surface area contributed by atoms with E-state index in [0.29, 0.717) is 6.42 Å². The van der Waals surface area contributed by atoms with Gasteiger partial charge < -0.3 is 10.9 Å². The van der Waals surface area contributed by atoms with Crippen molar-refractivity contribution >= 4 is 5.84 Å². The van der Waals surface area contributed by atoms with Crippen molar-refractivity contribution in [3.05, 3.63) is 35.1 Å². The highest BCUT2D eigenvalue weighted by Crippen LogP contribution is 2.20. The Hall–Kier alpha value is -1.83. The molecule has 0 heterocycles. The molecule has 118 valence electrons. The average molecular weight is 307 g/mol. The normalized spacial score (nSPS) is 13.0. The number of nitrogens with zero attached hydrogens (tertiary/aromatic N) is 2. The van der Waals surface area contributed by atoms with E-state index in [1.54, 1.807) is 6.92 Å². The van der Waals surface area contributed by atoms with Crippen LogP contribution in [-0.2, 0) is 6.54 Å². The van der Waals surface area contributed by atoms with E-state index >= 15 is 0 Å². The highest BCUT2D eigenvalue weighted by molar-refractivity contribution is 5.97. The summed E-state index contributed by atoms with van der Waals surface area (Å²) in [6.07, 6.45) is -3.84. The van der Waals surface area contributed by atoms with Crippen molar-refractivity contribution < 1.29 is 22.8 Å². The monoisotopic (exact) mass is 307 g/mol. The van der Waals surface area contributed by atoms with Gasteiger partial charge in [-0.2, -0.15) is 13.2 Å². The van der Waals surface area contributed by atoms with Crippen molar-refractivity contribution in [1.82, 2.24) is 4.90 Å². The predicted molar refractivity (Wildman–Crippen MR) is 70.5 cm³/mol. The minimum Gasteiger partial charge on any atom is -0.409 e. The number of halogens is 4. The van der Waals surface area contributed by atoms with Gasteiger partial charge in [0, 0.05) is 12.1 Å². The van der Waals surface area contributed by atoms with Gasteiger partial charge in [-0.05, 0) is 19.0 Å². The summed E-state index contributed by atoms with van der Waals surface area (Å²) >= 11 is 0. The van der Waals surface area contributed by atoms with Crippen LogP contribution in [0.2, 0.25) is 0 Å². The minimum atomic E-state index is -4.35. The maximum Gasteiger partial charge on any atom is 0.401 e. The summed E-state index contributed by atoms with van der Waals surface area (Å²) in [6.45, 7) is 0.610. The number of hydrogen-bond donors (Lipinski definition) is 2. The number of rotatable bonds is 6. The summed E-state index contributed by atoms with van der Waals surface area (Å²) in [6, 6.07) is 4.12. The molecule has 0 amide bonds. The molecule has 0 spiro atoms. The molecule has 1 aromatic rings. The molecular formula is C13H17F4N3O. The zero-order valence-electron chi connectivity index (χ0n) is 11.5. The van der Waals surface area contributed by atoms with Crippen molar-refractivity contribution in [2.45, 2.75) is 26.1 Å². The molecule has 0 aliphatic rings. The fourth-order valence-corrected chi connectivity index (χ4v) is 1.98. The van der Waals surface area contributed by atoms with E-state index in [-0.39, 0.29) is 24.2 Å². The first-order valence-corrected chi connectivity index (χ1v) is 6.33. The molecule has 0 bridgehead atoms. The lowest BCUT2D eigenvalue weighted by molar-refractivity contribution is -0.147. The van der Waals surface area contributed by atoms with E-state index in [9.17, 15) is 17.6 Å². The van der Waals surface area contributed by atoms with E-state index in [0.717, 1.165) is 4.90 Å². The maximum atomic E-state index is 14.2. The van der Waals surface area contributed by atoms with Crippen LogP contribution in [0.25, 0.3) is 0 Å². The first-order chi connectivity index (χ1) is 9.78. The Labute approximate surface area is 119 Å². The standard InChI is InChI=1S/C13H17F4N3O/c1-2-6-20(8-13(15,16)17)7-9-4-3-5-10(11(9)14)12(18)19-21/h3-5,21H,2,6-8H2,1H3,(H2,18,19). The summed E-state index contributed by atoms with van der Waals surface area (Å²) in [4.78, 5) is 1.11. The molecule has 4 nitrogen and oxygen atoms in total. The van der Waals surface area contributed by atoms with Crippen LogP contribution < -0.4 is 5.73 Å². The average Bonchev–Trinajstić information content (AvgIpc) is 2.38. The van der Waals surface area contributed by atoms with Crippen molar-refractivity contribution in [2.24, 2.45) is 10.9 Å². The van der Waals surface area contributed by atoms with Crippen LogP contribution in [0, 0.1) is 5.82 Å². The largest absolute Gasteiger partial charge is 0.409 e. The molecule has 0 saturated heterocycles. The Morgan fingerprint density at radius 3 is 2.57 bits per heavy atom. The lowest BCUT2D eigenvalue weighted by Crippen LogP contribution is -2.34. The molecule has 0 radical (unpaired) electrons. The van der Waals surface area contributed by atoms with Gasteiger partial charge in [-0.3, -0.25) is 4.90 Å². The van der Waals surface area contributed by atoms with Gasteiger partial charge in [-0.1, -0.05) is 24.2 Å². The van der Waals surface area contributed by atoms with Gasteiger partial charge in [0.1, 0.15) is 5.82 Å². The summed E-state index contributed by atoms with van der Waals surface area (Å²) < 4.78 is 51.6. The van der Waals surface area contributed by atoms with Gasteiger partial charge in [0.25, 0.3) is 0 Å². The number of amidine groups is 1. The van der Waals surface area contributed by atoms with Crippen molar-refractivity contribution in [2.75, 3.05) is 13.1 Å². The van der Waals surface area contributed by atoms with E-state index in [4.69, 9.17) is 10.9 Å². The Morgan fingerprint density at radius 1 is 1.38 bits per heavy atom. The van der Waals surface area contributed by atoms with E-state index in [2.05, 4.69) is 5.16 Å². The molecule has 21 heavy (non-hydrogen) atoms. The lowest BCUT2D eigenvalue weighted by atomic mass is 10.1. The second kappa shape index (κ2) is 7.26.